The summed E-state index contributed by atoms with van der Waals surface area (Å²) in [6.45, 7) is 3.94. The number of amides is 1. The van der Waals surface area contributed by atoms with Crippen molar-refractivity contribution in [2.24, 2.45) is 5.41 Å². The van der Waals surface area contributed by atoms with E-state index in [1.54, 1.807) is 0 Å². The third-order valence-corrected chi connectivity index (χ3v) is 6.21. The lowest BCUT2D eigenvalue weighted by Crippen LogP contribution is -2.44. The number of hydrogen-bond acceptors (Lipinski definition) is 5. The van der Waals surface area contributed by atoms with Crippen LogP contribution in [0.2, 0.25) is 0 Å². The highest BCUT2D eigenvalue weighted by Crippen LogP contribution is 2.39. The lowest BCUT2D eigenvalue weighted by atomic mass is 9.78. The molecule has 136 valence electrons. The quantitative estimate of drug-likeness (QED) is 0.920. The van der Waals surface area contributed by atoms with Gasteiger partial charge < -0.3 is 14.7 Å². The van der Waals surface area contributed by atoms with Gasteiger partial charge in [-0.25, -0.2) is 0 Å². The fourth-order valence-electron chi connectivity index (χ4n) is 4.20. The Bertz CT molecular complexity index is 793. The van der Waals surface area contributed by atoms with Gasteiger partial charge in [0.2, 0.25) is 0 Å². The zero-order valence-electron chi connectivity index (χ0n) is 14.9. The van der Waals surface area contributed by atoms with Crippen LogP contribution in [0.25, 0.3) is 11.5 Å². The Morgan fingerprint density at radius 2 is 1.92 bits per heavy atom. The second kappa shape index (κ2) is 6.20. The third-order valence-electron chi connectivity index (χ3n) is 6.21. The molecule has 2 aromatic rings. The fourth-order valence-corrected chi connectivity index (χ4v) is 4.20. The van der Waals surface area contributed by atoms with E-state index in [2.05, 4.69) is 15.5 Å². The summed E-state index contributed by atoms with van der Waals surface area (Å²) in [6, 6.07) is 7.56. The van der Waals surface area contributed by atoms with E-state index in [0.717, 1.165) is 68.8 Å². The summed E-state index contributed by atoms with van der Waals surface area (Å²) < 4.78 is 5.36. The van der Waals surface area contributed by atoms with Gasteiger partial charge in [0.15, 0.2) is 5.82 Å². The van der Waals surface area contributed by atoms with Crippen LogP contribution >= 0.6 is 0 Å². The van der Waals surface area contributed by atoms with Crippen LogP contribution in [0.1, 0.15) is 54.2 Å². The minimum atomic E-state index is 0.126. The molecule has 0 atom stereocenters. The second-order valence-corrected chi connectivity index (χ2v) is 8.03. The van der Waals surface area contributed by atoms with Crippen molar-refractivity contribution in [3.05, 3.63) is 35.7 Å². The first-order chi connectivity index (χ1) is 12.7. The summed E-state index contributed by atoms with van der Waals surface area (Å²) in [6.07, 6.45) is 5.77. The zero-order chi connectivity index (χ0) is 17.6. The van der Waals surface area contributed by atoms with E-state index in [0.29, 0.717) is 17.2 Å². The van der Waals surface area contributed by atoms with Crippen molar-refractivity contribution >= 4 is 5.91 Å². The van der Waals surface area contributed by atoms with Gasteiger partial charge in [-0.1, -0.05) is 5.16 Å². The molecule has 26 heavy (non-hydrogen) atoms. The van der Waals surface area contributed by atoms with E-state index in [1.807, 2.05) is 29.2 Å². The van der Waals surface area contributed by atoms with Crippen molar-refractivity contribution in [3.63, 3.8) is 0 Å². The number of hydrogen-bond donors (Lipinski definition) is 1. The minimum Gasteiger partial charge on any atom is -0.339 e. The zero-order valence-corrected chi connectivity index (χ0v) is 14.9. The van der Waals surface area contributed by atoms with Crippen molar-refractivity contribution in [1.82, 2.24) is 20.4 Å². The highest BCUT2D eigenvalue weighted by molar-refractivity contribution is 5.94. The normalized spacial score (nSPS) is 22.1. The fraction of sp³-hybridized carbons (Fsp3) is 0.550. The number of nitrogens with zero attached hydrogens (tertiary/aromatic N) is 3. The molecule has 1 aliphatic carbocycles. The van der Waals surface area contributed by atoms with Gasteiger partial charge in [-0.3, -0.25) is 4.79 Å². The van der Waals surface area contributed by atoms with Crippen molar-refractivity contribution in [3.8, 4) is 11.5 Å². The van der Waals surface area contributed by atoms with Crippen LogP contribution in [0.15, 0.2) is 28.8 Å². The Balaban J connectivity index is 1.25. The smallest absolute Gasteiger partial charge is 0.257 e. The minimum absolute atomic E-state index is 0.126. The van der Waals surface area contributed by atoms with E-state index >= 15 is 0 Å². The molecule has 2 aliphatic heterocycles. The molecule has 3 aliphatic rings. The highest BCUT2D eigenvalue weighted by atomic mass is 16.5. The number of likely N-dealkylation sites (tertiary alicyclic amines) is 1. The van der Waals surface area contributed by atoms with Crippen molar-refractivity contribution in [1.29, 1.82) is 0 Å². The van der Waals surface area contributed by atoms with E-state index < -0.39 is 0 Å². The van der Waals surface area contributed by atoms with Crippen molar-refractivity contribution in [2.45, 2.75) is 38.0 Å². The monoisotopic (exact) mass is 352 g/mol. The molecule has 0 bridgehead atoms. The number of nitrogens with one attached hydrogen (secondary N) is 1. The lowest BCUT2D eigenvalue weighted by molar-refractivity contribution is 0.0607. The molecular formula is C20H24N4O2. The van der Waals surface area contributed by atoms with E-state index in [9.17, 15) is 4.79 Å². The van der Waals surface area contributed by atoms with Crippen LogP contribution in [0.5, 0.6) is 0 Å². The van der Waals surface area contributed by atoms with Gasteiger partial charge in [0.1, 0.15) is 0 Å². The Morgan fingerprint density at radius 3 is 2.58 bits per heavy atom. The molecule has 1 aromatic carbocycles. The summed E-state index contributed by atoms with van der Waals surface area (Å²) in [5.41, 5.74) is 2.03. The predicted molar refractivity (Wildman–Crippen MR) is 96.8 cm³/mol. The van der Waals surface area contributed by atoms with Crippen LogP contribution in [0, 0.1) is 5.41 Å². The first kappa shape index (κ1) is 16.0. The Kier molecular flexibility index (Phi) is 3.81. The van der Waals surface area contributed by atoms with Gasteiger partial charge in [0.25, 0.3) is 11.8 Å². The number of piperidine rings is 1. The van der Waals surface area contributed by atoms with Crippen LogP contribution in [0.4, 0.5) is 0 Å². The number of rotatable bonds is 3. The molecule has 3 fully saturated rings. The van der Waals surface area contributed by atoms with Gasteiger partial charge in [-0.2, -0.15) is 4.98 Å². The van der Waals surface area contributed by atoms with Crippen LogP contribution < -0.4 is 5.32 Å². The molecule has 3 heterocycles. The average molecular weight is 352 g/mol. The first-order valence-corrected chi connectivity index (χ1v) is 9.67. The molecule has 1 saturated carbocycles. The molecule has 1 spiro atoms. The van der Waals surface area contributed by atoms with E-state index in [1.165, 1.54) is 6.42 Å². The van der Waals surface area contributed by atoms with Crippen LogP contribution in [-0.2, 0) is 0 Å². The third kappa shape index (κ3) is 2.92. The standard InChI is InChI=1S/C20H24N4O2/c25-19(24-11-8-20(9-12-24)7-10-21-13-20)16-5-3-15(4-6-16)18-22-17(23-26-18)14-1-2-14/h3-6,14,21H,1-2,7-13H2. The summed E-state index contributed by atoms with van der Waals surface area (Å²) in [5, 5.41) is 7.52. The summed E-state index contributed by atoms with van der Waals surface area (Å²) in [5.74, 6) is 1.95. The van der Waals surface area contributed by atoms with Crippen LogP contribution in [-0.4, -0.2) is 47.1 Å². The van der Waals surface area contributed by atoms with Gasteiger partial charge in [0.05, 0.1) is 0 Å². The maximum absolute atomic E-state index is 12.8. The number of benzene rings is 1. The molecule has 0 radical (unpaired) electrons. The molecule has 0 unspecified atom stereocenters. The van der Waals surface area contributed by atoms with Gasteiger partial charge in [-0.15, -0.1) is 0 Å². The van der Waals surface area contributed by atoms with E-state index in [4.69, 9.17) is 4.52 Å². The Hall–Kier alpha value is -2.21. The van der Waals surface area contributed by atoms with Gasteiger partial charge in [0, 0.05) is 36.7 Å². The predicted octanol–water partition coefficient (Wildman–Crippen LogP) is 2.83. The Morgan fingerprint density at radius 1 is 1.15 bits per heavy atom. The van der Waals surface area contributed by atoms with Gasteiger partial charge >= 0.3 is 0 Å². The maximum atomic E-state index is 12.8. The molecule has 2 saturated heterocycles. The molecule has 1 N–H and O–H groups in total. The largest absolute Gasteiger partial charge is 0.339 e. The topological polar surface area (TPSA) is 71.3 Å². The number of aromatic nitrogens is 2. The maximum Gasteiger partial charge on any atom is 0.257 e. The SMILES string of the molecule is O=C(c1ccc(-c2nc(C3CC3)no2)cc1)N1CCC2(CCNC2)CC1. The summed E-state index contributed by atoms with van der Waals surface area (Å²) in [7, 11) is 0. The van der Waals surface area contributed by atoms with E-state index in [-0.39, 0.29) is 5.91 Å². The molecular weight excluding hydrogens is 328 g/mol. The average Bonchev–Trinajstić information content (AvgIpc) is 3.24. The summed E-state index contributed by atoms with van der Waals surface area (Å²) >= 11 is 0. The Labute approximate surface area is 153 Å². The molecule has 1 aromatic heterocycles. The second-order valence-electron chi connectivity index (χ2n) is 8.03. The number of carbonyl (C=O) groups excluding carboxylic acids is 1. The van der Waals surface area contributed by atoms with Crippen molar-refractivity contribution < 1.29 is 9.32 Å². The molecule has 5 rings (SSSR count). The first-order valence-electron chi connectivity index (χ1n) is 9.67. The lowest BCUT2D eigenvalue weighted by Gasteiger charge is -2.38. The summed E-state index contributed by atoms with van der Waals surface area (Å²) in [4.78, 5) is 19.3. The van der Waals surface area contributed by atoms with Gasteiger partial charge in [-0.05, 0) is 68.3 Å². The van der Waals surface area contributed by atoms with Crippen molar-refractivity contribution in [2.75, 3.05) is 26.2 Å². The van der Waals surface area contributed by atoms with Crippen LogP contribution in [0.3, 0.4) is 0 Å². The number of carbonyl (C=O) groups is 1. The highest BCUT2D eigenvalue weighted by Gasteiger charge is 2.38. The molecule has 6 nitrogen and oxygen atoms in total. The molecule has 6 heteroatoms. The molecule has 1 amide bonds.